The topological polar surface area (TPSA) is 38.9 Å². The Labute approximate surface area is 124 Å². The first-order valence-corrected chi connectivity index (χ1v) is 7.65. The number of benzene rings is 1. The third kappa shape index (κ3) is 4.93. The first-order valence-electron chi connectivity index (χ1n) is 5.87. The summed E-state index contributed by atoms with van der Waals surface area (Å²) in [5, 5.41) is 0. The van der Waals surface area contributed by atoms with E-state index in [-0.39, 0.29) is 11.9 Å². The van der Waals surface area contributed by atoms with Gasteiger partial charge in [-0.25, -0.2) is 4.39 Å². The summed E-state index contributed by atoms with van der Waals surface area (Å²) in [6.07, 6.45) is 4.36. The highest BCUT2D eigenvalue weighted by molar-refractivity contribution is 9.10. The van der Waals surface area contributed by atoms with Crippen LogP contribution in [0.1, 0.15) is 5.56 Å². The minimum Gasteiger partial charge on any atom is -0.327 e. The minimum atomic E-state index is -0.214. The van der Waals surface area contributed by atoms with Gasteiger partial charge in [0.25, 0.3) is 0 Å². The second-order valence-electron chi connectivity index (χ2n) is 4.24. The predicted octanol–water partition coefficient (Wildman–Crippen LogP) is 3.65. The van der Waals surface area contributed by atoms with Gasteiger partial charge in [-0.2, -0.15) is 0 Å². The molecular formula is C14H14BrFN2S. The Balaban J connectivity index is 1.84. The van der Waals surface area contributed by atoms with Crippen molar-refractivity contribution in [1.82, 2.24) is 4.98 Å². The van der Waals surface area contributed by atoms with Gasteiger partial charge in [0.2, 0.25) is 0 Å². The molecule has 1 heterocycles. The van der Waals surface area contributed by atoms with Crippen LogP contribution in [0.4, 0.5) is 4.39 Å². The van der Waals surface area contributed by atoms with E-state index in [0.717, 1.165) is 27.1 Å². The molecule has 0 aliphatic rings. The smallest absolute Gasteiger partial charge is 0.123 e. The van der Waals surface area contributed by atoms with Gasteiger partial charge in [0, 0.05) is 33.6 Å². The van der Waals surface area contributed by atoms with Crippen LogP contribution in [-0.4, -0.2) is 16.8 Å². The third-order valence-electron chi connectivity index (χ3n) is 2.54. The molecule has 2 N–H and O–H groups in total. The predicted molar refractivity (Wildman–Crippen MR) is 80.7 cm³/mol. The van der Waals surface area contributed by atoms with Crippen LogP contribution >= 0.6 is 27.7 Å². The van der Waals surface area contributed by atoms with Crippen molar-refractivity contribution >= 4 is 27.7 Å². The van der Waals surface area contributed by atoms with Crippen molar-refractivity contribution in [3.63, 3.8) is 0 Å². The van der Waals surface area contributed by atoms with Crippen LogP contribution in [0.15, 0.2) is 52.1 Å². The second kappa shape index (κ2) is 7.03. The molecule has 2 rings (SSSR count). The van der Waals surface area contributed by atoms with Gasteiger partial charge in [-0.05, 0) is 58.2 Å². The van der Waals surface area contributed by atoms with Gasteiger partial charge in [0.15, 0.2) is 0 Å². The third-order valence-corrected chi connectivity index (χ3v) is 4.17. The summed E-state index contributed by atoms with van der Waals surface area (Å²) in [5.41, 5.74) is 7.21. The van der Waals surface area contributed by atoms with Crippen molar-refractivity contribution in [2.75, 3.05) is 5.75 Å². The number of hydrogen-bond donors (Lipinski definition) is 1. The maximum Gasteiger partial charge on any atom is 0.123 e. The lowest BCUT2D eigenvalue weighted by atomic mass is 10.1. The van der Waals surface area contributed by atoms with E-state index < -0.39 is 0 Å². The Morgan fingerprint density at radius 2 is 2.00 bits per heavy atom. The maximum absolute atomic E-state index is 12.8. The van der Waals surface area contributed by atoms with Gasteiger partial charge < -0.3 is 5.73 Å². The molecule has 0 amide bonds. The number of halogens is 2. The first-order chi connectivity index (χ1) is 9.13. The number of rotatable bonds is 5. The van der Waals surface area contributed by atoms with Crippen molar-refractivity contribution in [1.29, 1.82) is 0 Å². The molecule has 2 aromatic rings. The van der Waals surface area contributed by atoms with Gasteiger partial charge in [0.1, 0.15) is 5.82 Å². The normalized spacial score (nSPS) is 12.4. The molecule has 1 aromatic heterocycles. The van der Waals surface area contributed by atoms with Gasteiger partial charge in [-0.1, -0.05) is 0 Å². The van der Waals surface area contributed by atoms with Gasteiger partial charge in [-0.15, -0.1) is 11.8 Å². The molecule has 1 unspecified atom stereocenters. The molecule has 1 aromatic carbocycles. The summed E-state index contributed by atoms with van der Waals surface area (Å²) in [6.45, 7) is 0. The van der Waals surface area contributed by atoms with Crippen LogP contribution in [0.5, 0.6) is 0 Å². The van der Waals surface area contributed by atoms with Crippen molar-refractivity contribution in [2.24, 2.45) is 5.73 Å². The molecule has 0 bridgehead atoms. The molecule has 0 saturated heterocycles. The zero-order valence-electron chi connectivity index (χ0n) is 10.2. The van der Waals surface area contributed by atoms with Crippen LogP contribution < -0.4 is 5.73 Å². The second-order valence-corrected chi connectivity index (χ2v) is 6.25. The molecule has 0 spiro atoms. The molecule has 0 radical (unpaired) electrons. The lowest BCUT2D eigenvalue weighted by Gasteiger charge is -2.11. The summed E-state index contributed by atoms with van der Waals surface area (Å²) in [6, 6.07) is 8.54. The van der Waals surface area contributed by atoms with Gasteiger partial charge in [0.05, 0.1) is 0 Å². The van der Waals surface area contributed by atoms with E-state index in [9.17, 15) is 4.39 Å². The standard InChI is InChI=1S/C14H14BrFN2S/c15-11-5-10(7-18-8-11)6-13(17)9-19-14-3-1-12(16)2-4-14/h1-5,7-8,13H,6,9,17H2. The van der Waals surface area contributed by atoms with E-state index in [2.05, 4.69) is 20.9 Å². The van der Waals surface area contributed by atoms with Gasteiger partial charge >= 0.3 is 0 Å². The van der Waals surface area contributed by atoms with E-state index in [1.165, 1.54) is 12.1 Å². The summed E-state index contributed by atoms with van der Waals surface area (Å²) < 4.78 is 13.7. The lowest BCUT2D eigenvalue weighted by molar-refractivity contribution is 0.626. The zero-order chi connectivity index (χ0) is 13.7. The van der Waals surface area contributed by atoms with Crippen molar-refractivity contribution in [3.05, 3.63) is 58.6 Å². The maximum atomic E-state index is 12.8. The number of nitrogens with zero attached hydrogens (tertiary/aromatic N) is 1. The molecule has 0 aliphatic heterocycles. The van der Waals surface area contributed by atoms with Crippen molar-refractivity contribution < 1.29 is 4.39 Å². The number of nitrogens with two attached hydrogens (primary N) is 1. The Bertz CT molecular complexity index is 533. The molecule has 0 saturated carbocycles. The largest absolute Gasteiger partial charge is 0.327 e. The van der Waals surface area contributed by atoms with Crippen molar-refractivity contribution in [2.45, 2.75) is 17.4 Å². The SMILES string of the molecule is NC(CSc1ccc(F)cc1)Cc1cncc(Br)c1. The fourth-order valence-electron chi connectivity index (χ4n) is 1.66. The number of thioether (sulfide) groups is 1. The monoisotopic (exact) mass is 340 g/mol. The molecule has 5 heteroatoms. The molecule has 100 valence electrons. The van der Waals surface area contributed by atoms with Crippen LogP contribution in [-0.2, 0) is 6.42 Å². The molecule has 2 nitrogen and oxygen atoms in total. The summed E-state index contributed by atoms with van der Waals surface area (Å²) in [5.74, 6) is 0.576. The molecule has 19 heavy (non-hydrogen) atoms. The summed E-state index contributed by atoms with van der Waals surface area (Å²) in [4.78, 5) is 5.15. The van der Waals surface area contributed by atoms with Gasteiger partial charge in [-0.3, -0.25) is 4.98 Å². The summed E-state index contributed by atoms with van der Waals surface area (Å²) in [7, 11) is 0. The van der Waals surface area contributed by atoms with Crippen LogP contribution in [0, 0.1) is 5.82 Å². The Morgan fingerprint density at radius 3 is 2.68 bits per heavy atom. The van der Waals surface area contributed by atoms with Crippen LogP contribution in [0.2, 0.25) is 0 Å². The number of hydrogen-bond acceptors (Lipinski definition) is 3. The minimum absolute atomic E-state index is 0.0474. The molecule has 0 aliphatic carbocycles. The average Bonchev–Trinajstić information content (AvgIpc) is 2.38. The quantitative estimate of drug-likeness (QED) is 0.844. The lowest BCUT2D eigenvalue weighted by Crippen LogP contribution is -2.25. The van der Waals surface area contributed by atoms with E-state index in [4.69, 9.17) is 5.73 Å². The van der Waals surface area contributed by atoms with Crippen molar-refractivity contribution in [3.8, 4) is 0 Å². The molecular weight excluding hydrogens is 327 g/mol. The molecule has 1 atom stereocenters. The van der Waals surface area contributed by atoms with E-state index >= 15 is 0 Å². The van der Waals surface area contributed by atoms with Crippen LogP contribution in [0.25, 0.3) is 0 Å². The van der Waals surface area contributed by atoms with E-state index in [0.29, 0.717) is 0 Å². The Morgan fingerprint density at radius 1 is 1.26 bits per heavy atom. The first kappa shape index (κ1) is 14.5. The van der Waals surface area contributed by atoms with E-state index in [1.54, 1.807) is 30.1 Å². The fraction of sp³-hybridized carbons (Fsp3) is 0.214. The highest BCUT2D eigenvalue weighted by Crippen LogP contribution is 2.20. The summed E-state index contributed by atoms with van der Waals surface area (Å²) >= 11 is 5.03. The van der Waals surface area contributed by atoms with Crippen LogP contribution in [0.3, 0.4) is 0 Å². The Hall–Kier alpha value is -0.910. The molecule has 0 fully saturated rings. The average molecular weight is 341 g/mol. The number of aromatic nitrogens is 1. The zero-order valence-corrected chi connectivity index (χ0v) is 12.6. The fourth-order valence-corrected chi connectivity index (χ4v) is 2.93. The number of pyridine rings is 1. The highest BCUT2D eigenvalue weighted by atomic mass is 79.9. The highest BCUT2D eigenvalue weighted by Gasteiger charge is 2.06. The van der Waals surface area contributed by atoms with E-state index in [1.807, 2.05) is 12.3 Å². The Kier molecular flexibility index (Phi) is 5.36.